The van der Waals surface area contributed by atoms with E-state index in [9.17, 15) is 5.11 Å². The summed E-state index contributed by atoms with van der Waals surface area (Å²) in [6, 6.07) is 0. The second-order valence-corrected chi connectivity index (χ2v) is 7.02. The molecule has 1 N–H and O–H groups in total. The fourth-order valence-corrected chi connectivity index (χ4v) is 3.80. The van der Waals surface area contributed by atoms with Crippen LogP contribution in [0.3, 0.4) is 0 Å². The molecular weight excluding hydrogens is 222 g/mol. The summed E-state index contributed by atoms with van der Waals surface area (Å²) in [6.45, 7) is 10.7. The Morgan fingerprint density at radius 2 is 1.78 bits per heavy atom. The Labute approximate surface area is 113 Å². The molecule has 0 bridgehead atoms. The number of likely N-dealkylation sites (tertiary alicyclic amines) is 1. The molecule has 1 saturated heterocycles. The van der Waals surface area contributed by atoms with E-state index in [1.807, 2.05) is 0 Å². The largest absolute Gasteiger partial charge is 0.393 e. The summed E-state index contributed by atoms with van der Waals surface area (Å²) >= 11 is 0. The first-order valence-electron chi connectivity index (χ1n) is 7.98. The van der Waals surface area contributed by atoms with Crippen molar-refractivity contribution in [2.75, 3.05) is 19.6 Å². The van der Waals surface area contributed by atoms with Gasteiger partial charge in [-0.2, -0.15) is 0 Å². The lowest BCUT2D eigenvalue weighted by Crippen LogP contribution is -2.43. The highest BCUT2D eigenvalue weighted by molar-refractivity contribution is 4.87. The highest BCUT2D eigenvalue weighted by Crippen LogP contribution is 2.38. The van der Waals surface area contributed by atoms with Gasteiger partial charge >= 0.3 is 0 Å². The Kier molecular flexibility index (Phi) is 5.08. The van der Waals surface area contributed by atoms with Gasteiger partial charge in [-0.25, -0.2) is 0 Å². The van der Waals surface area contributed by atoms with E-state index in [-0.39, 0.29) is 6.10 Å². The lowest BCUT2D eigenvalue weighted by Gasteiger charge is -2.42. The average Bonchev–Trinajstić information content (AvgIpc) is 2.35. The van der Waals surface area contributed by atoms with Crippen molar-refractivity contribution in [1.29, 1.82) is 0 Å². The lowest BCUT2D eigenvalue weighted by atomic mass is 9.69. The first-order chi connectivity index (χ1) is 8.58. The summed E-state index contributed by atoms with van der Waals surface area (Å²) in [4.78, 5) is 2.64. The fraction of sp³-hybridized carbons (Fsp3) is 1.00. The molecule has 106 valence electrons. The molecule has 2 aliphatic rings. The summed E-state index contributed by atoms with van der Waals surface area (Å²) in [5, 5.41) is 10.3. The van der Waals surface area contributed by atoms with Crippen molar-refractivity contribution in [1.82, 2.24) is 4.90 Å². The zero-order chi connectivity index (χ0) is 13.1. The van der Waals surface area contributed by atoms with Crippen LogP contribution >= 0.6 is 0 Å². The summed E-state index contributed by atoms with van der Waals surface area (Å²) < 4.78 is 0. The minimum atomic E-state index is -0.0686. The standard InChI is InChI=1S/C16H31NO/c1-12(2)14-9-15(13(3)16(18)10-14)11-17-7-5-4-6-8-17/h12-16,18H,4-11H2,1-3H3/t13-,14+,15+,16+/m1/s1. The monoisotopic (exact) mass is 253 g/mol. The van der Waals surface area contributed by atoms with Crippen LogP contribution in [0, 0.1) is 23.7 Å². The number of hydrogen-bond acceptors (Lipinski definition) is 2. The number of piperidine rings is 1. The van der Waals surface area contributed by atoms with Gasteiger partial charge < -0.3 is 10.0 Å². The van der Waals surface area contributed by atoms with Crippen LogP contribution in [0.25, 0.3) is 0 Å². The number of nitrogens with zero attached hydrogens (tertiary/aromatic N) is 1. The molecule has 0 amide bonds. The first kappa shape index (κ1) is 14.3. The van der Waals surface area contributed by atoms with Crippen LogP contribution in [0.4, 0.5) is 0 Å². The van der Waals surface area contributed by atoms with Gasteiger partial charge in [0, 0.05) is 6.54 Å². The molecule has 0 aromatic carbocycles. The molecule has 0 unspecified atom stereocenters. The van der Waals surface area contributed by atoms with Gasteiger partial charge in [0.1, 0.15) is 0 Å². The van der Waals surface area contributed by atoms with Crippen molar-refractivity contribution >= 4 is 0 Å². The Bertz CT molecular complexity index is 247. The molecule has 2 fully saturated rings. The lowest BCUT2D eigenvalue weighted by molar-refractivity contribution is -0.00940. The van der Waals surface area contributed by atoms with Crippen molar-refractivity contribution in [3.8, 4) is 0 Å². The van der Waals surface area contributed by atoms with Gasteiger partial charge in [0.25, 0.3) is 0 Å². The number of hydrogen-bond donors (Lipinski definition) is 1. The smallest absolute Gasteiger partial charge is 0.0571 e. The van der Waals surface area contributed by atoms with E-state index in [0.29, 0.717) is 11.8 Å². The molecule has 4 atom stereocenters. The van der Waals surface area contributed by atoms with Crippen LogP contribution < -0.4 is 0 Å². The quantitative estimate of drug-likeness (QED) is 0.835. The summed E-state index contributed by atoms with van der Waals surface area (Å²) in [5.74, 6) is 2.64. The Hall–Kier alpha value is -0.0800. The number of rotatable bonds is 3. The van der Waals surface area contributed by atoms with Crippen molar-refractivity contribution in [3.63, 3.8) is 0 Å². The second-order valence-electron chi connectivity index (χ2n) is 7.02. The maximum Gasteiger partial charge on any atom is 0.0571 e. The second kappa shape index (κ2) is 6.38. The van der Waals surface area contributed by atoms with E-state index in [1.54, 1.807) is 0 Å². The van der Waals surface area contributed by atoms with Gasteiger partial charge in [-0.1, -0.05) is 27.2 Å². The SMILES string of the molecule is CC(C)[C@H]1C[C@@H](CN2CCCCC2)[C@@H](C)[C@@H](O)C1. The van der Waals surface area contributed by atoms with Gasteiger partial charge in [0.2, 0.25) is 0 Å². The van der Waals surface area contributed by atoms with E-state index >= 15 is 0 Å². The topological polar surface area (TPSA) is 23.5 Å². The van der Waals surface area contributed by atoms with Crippen molar-refractivity contribution < 1.29 is 5.11 Å². The van der Waals surface area contributed by atoms with Gasteiger partial charge in [-0.05, 0) is 62.4 Å². The van der Waals surface area contributed by atoms with Crippen LogP contribution in [-0.4, -0.2) is 35.7 Å². The summed E-state index contributed by atoms with van der Waals surface area (Å²) in [5.41, 5.74) is 0. The van der Waals surface area contributed by atoms with E-state index in [4.69, 9.17) is 0 Å². The molecule has 0 aromatic heterocycles. The van der Waals surface area contributed by atoms with Gasteiger partial charge in [0.15, 0.2) is 0 Å². The molecule has 1 heterocycles. The minimum absolute atomic E-state index is 0.0686. The van der Waals surface area contributed by atoms with E-state index < -0.39 is 0 Å². The average molecular weight is 253 g/mol. The van der Waals surface area contributed by atoms with E-state index in [2.05, 4.69) is 25.7 Å². The predicted octanol–water partition coefficient (Wildman–Crippen LogP) is 3.15. The Morgan fingerprint density at radius 3 is 2.39 bits per heavy atom. The normalized spacial score (nSPS) is 39.2. The van der Waals surface area contributed by atoms with Crippen molar-refractivity contribution in [3.05, 3.63) is 0 Å². The first-order valence-corrected chi connectivity index (χ1v) is 7.98. The van der Waals surface area contributed by atoms with Crippen LogP contribution in [0.1, 0.15) is 52.9 Å². The third kappa shape index (κ3) is 3.48. The molecule has 0 spiro atoms. The zero-order valence-electron chi connectivity index (χ0n) is 12.4. The summed E-state index contributed by atoms with van der Waals surface area (Å²) in [6.07, 6.45) is 6.44. The number of aliphatic hydroxyl groups excluding tert-OH is 1. The molecule has 2 heteroatoms. The third-order valence-electron chi connectivity index (χ3n) is 5.38. The van der Waals surface area contributed by atoms with Crippen molar-refractivity contribution in [2.45, 2.75) is 59.0 Å². The molecule has 0 radical (unpaired) electrons. The van der Waals surface area contributed by atoms with Crippen LogP contribution in [0.2, 0.25) is 0 Å². The Morgan fingerprint density at radius 1 is 1.11 bits per heavy atom. The third-order valence-corrected chi connectivity index (χ3v) is 5.38. The maximum atomic E-state index is 10.3. The molecular formula is C16H31NO. The van der Waals surface area contributed by atoms with Crippen LogP contribution in [0.15, 0.2) is 0 Å². The van der Waals surface area contributed by atoms with Crippen molar-refractivity contribution in [2.24, 2.45) is 23.7 Å². The molecule has 1 aliphatic heterocycles. The zero-order valence-corrected chi connectivity index (χ0v) is 12.4. The van der Waals surface area contributed by atoms with Crippen LogP contribution in [-0.2, 0) is 0 Å². The molecule has 2 rings (SSSR count). The van der Waals surface area contributed by atoms with E-state index in [0.717, 1.165) is 18.3 Å². The Balaban J connectivity index is 1.91. The molecule has 1 saturated carbocycles. The summed E-state index contributed by atoms with van der Waals surface area (Å²) in [7, 11) is 0. The van der Waals surface area contributed by atoms with Gasteiger partial charge in [-0.15, -0.1) is 0 Å². The predicted molar refractivity (Wildman–Crippen MR) is 76.5 cm³/mol. The highest BCUT2D eigenvalue weighted by atomic mass is 16.3. The van der Waals surface area contributed by atoms with E-state index in [1.165, 1.54) is 45.3 Å². The maximum absolute atomic E-state index is 10.3. The van der Waals surface area contributed by atoms with Gasteiger partial charge in [-0.3, -0.25) is 0 Å². The highest BCUT2D eigenvalue weighted by Gasteiger charge is 2.36. The molecule has 2 nitrogen and oxygen atoms in total. The van der Waals surface area contributed by atoms with Crippen LogP contribution in [0.5, 0.6) is 0 Å². The van der Waals surface area contributed by atoms with Gasteiger partial charge in [0.05, 0.1) is 6.10 Å². The molecule has 1 aliphatic carbocycles. The fourth-order valence-electron chi connectivity index (χ4n) is 3.80. The molecule has 0 aromatic rings. The number of aliphatic hydroxyl groups is 1. The minimum Gasteiger partial charge on any atom is -0.393 e. The molecule has 18 heavy (non-hydrogen) atoms.